The molecule has 326 valence electrons. The fourth-order valence-electron chi connectivity index (χ4n) is 8.48. The van der Waals surface area contributed by atoms with Gasteiger partial charge in [-0.15, -0.1) is 0 Å². The van der Waals surface area contributed by atoms with Crippen LogP contribution in [0.5, 0.6) is 0 Å². The summed E-state index contributed by atoms with van der Waals surface area (Å²) < 4.78 is 2.08. The van der Waals surface area contributed by atoms with Gasteiger partial charge in [-0.3, -0.25) is 14.4 Å². The average Bonchev–Trinajstić information content (AvgIpc) is 3.32. The van der Waals surface area contributed by atoms with Crippen molar-refractivity contribution in [2.24, 2.45) is 11.8 Å². The topological polar surface area (TPSA) is 105 Å². The highest BCUT2D eigenvalue weighted by molar-refractivity contribution is 6.40. The standard InChI is InChI=1S/C56H58N4O4/c1-5-9-23-39(7-3)55(63)57-49-37-45(59(41-25-15-11-16-26-41)42-27-17-12-18-28-42)33-35-47(49)51-53(61)52(54(51)62)48-36-34-46(38-50(48)58-56(64)40(8-4)24-10-6-2)60(43-29-19-13-20-30-43)44-31-21-14-22-32-44/h11-22,25-40H,5-10,23-24H2,1-4H3,(H2,57,58,61,62,63,64). The molecule has 0 aliphatic heterocycles. The molecule has 0 radical (unpaired) electrons. The normalized spacial score (nSPS) is 15.5. The predicted molar refractivity (Wildman–Crippen MR) is 260 cm³/mol. The van der Waals surface area contributed by atoms with Crippen LogP contribution in [0.15, 0.2) is 180 Å². The van der Waals surface area contributed by atoms with E-state index < -0.39 is 11.5 Å². The van der Waals surface area contributed by atoms with Crippen molar-refractivity contribution in [1.29, 1.82) is 0 Å². The molecule has 2 aliphatic carbocycles. The van der Waals surface area contributed by atoms with Crippen molar-refractivity contribution >= 4 is 63.0 Å². The fraction of sp³-hybridized carbons (Fsp3) is 0.250. The number of unbranched alkanes of at least 4 members (excludes halogenated alkanes) is 2. The third-order valence-corrected chi connectivity index (χ3v) is 12.1. The van der Waals surface area contributed by atoms with E-state index in [1.165, 1.54) is 0 Å². The van der Waals surface area contributed by atoms with E-state index in [0.29, 0.717) is 35.4 Å². The minimum Gasteiger partial charge on any atom is -0.871 e. The van der Waals surface area contributed by atoms with Crippen LogP contribution in [0, 0.1) is 11.8 Å². The summed E-state index contributed by atoms with van der Waals surface area (Å²) in [5.74, 6) is -1.68. The molecule has 0 spiro atoms. The van der Waals surface area contributed by atoms with Crippen molar-refractivity contribution in [3.05, 3.63) is 186 Å². The van der Waals surface area contributed by atoms with E-state index >= 15 is 0 Å². The van der Waals surface area contributed by atoms with Crippen LogP contribution in [0.2, 0.25) is 0 Å². The van der Waals surface area contributed by atoms with Crippen LogP contribution < -0.4 is 25.2 Å². The number of carbonyl (C=O) groups excluding carboxylic acids is 3. The van der Waals surface area contributed by atoms with Crippen LogP contribution in [0.4, 0.5) is 34.1 Å². The molecular weight excluding hydrogens is 793 g/mol. The van der Waals surface area contributed by atoms with Gasteiger partial charge in [0.15, 0.2) is 5.78 Å². The Bertz CT molecular complexity index is 2530. The zero-order valence-corrected chi connectivity index (χ0v) is 37.4. The van der Waals surface area contributed by atoms with Crippen LogP contribution in [0.3, 0.4) is 0 Å². The maximum Gasteiger partial charge on any atom is 0.227 e. The summed E-state index contributed by atoms with van der Waals surface area (Å²) in [6.07, 6.45) is 12.0. The van der Waals surface area contributed by atoms with E-state index in [1.807, 2.05) is 159 Å². The zero-order valence-electron chi connectivity index (χ0n) is 37.4. The van der Waals surface area contributed by atoms with Gasteiger partial charge in [0.2, 0.25) is 28.9 Å². The van der Waals surface area contributed by atoms with Crippen molar-refractivity contribution in [2.45, 2.75) is 79.1 Å². The van der Waals surface area contributed by atoms with Gasteiger partial charge in [-0.1, -0.05) is 138 Å². The number of carbonyl (C=O) groups is 3. The summed E-state index contributed by atoms with van der Waals surface area (Å²) >= 11 is 0. The van der Waals surface area contributed by atoms with E-state index in [1.54, 1.807) is 12.1 Å². The van der Waals surface area contributed by atoms with Gasteiger partial charge in [0, 0.05) is 87.6 Å². The molecular formula is C56H58N4O4. The molecule has 0 saturated carbocycles. The van der Waals surface area contributed by atoms with E-state index in [9.17, 15) is 19.5 Å². The molecule has 64 heavy (non-hydrogen) atoms. The average molecular weight is 851 g/mol. The van der Waals surface area contributed by atoms with Gasteiger partial charge in [0.25, 0.3) is 0 Å². The first-order valence-corrected chi connectivity index (χ1v) is 22.8. The quantitative estimate of drug-likeness (QED) is 0.0675. The van der Waals surface area contributed by atoms with Crippen LogP contribution >= 0.6 is 0 Å². The monoisotopic (exact) mass is 850 g/mol. The van der Waals surface area contributed by atoms with Crippen molar-refractivity contribution < 1.29 is 19.5 Å². The number of amides is 2. The van der Waals surface area contributed by atoms with Crippen LogP contribution in [-0.2, 0) is 14.4 Å². The van der Waals surface area contributed by atoms with Crippen molar-refractivity contribution in [1.82, 2.24) is 9.89 Å². The van der Waals surface area contributed by atoms with Crippen LogP contribution in [0.25, 0.3) is 5.57 Å². The number of allylic oxidation sites excluding steroid dienone is 5. The lowest BCUT2D eigenvalue weighted by Gasteiger charge is -2.35. The van der Waals surface area contributed by atoms with Gasteiger partial charge in [0.1, 0.15) is 0 Å². The molecule has 2 atom stereocenters. The molecule has 2 unspecified atom stereocenters. The molecule has 0 saturated heterocycles. The Balaban J connectivity index is 1.37. The number of hydrogen-bond acceptors (Lipinski definition) is 5. The molecule has 0 heterocycles. The summed E-state index contributed by atoms with van der Waals surface area (Å²) in [6, 6.07) is 45.2. The Morgan fingerprint density at radius 3 is 1.59 bits per heavy atom. The first-order valence-electron chi connectivity index (χ1n) is 22.8. The van der Waals surface area contributed by atoms with Gasteiger partial charge in [-0.05, 0) is 68.2 Å². The molecule has 2 N–H and O–H groups in total. The Labute approximate surface area is 378 Å². The maximum absolute atomic E-state index is 14.7. The Morgan fingerprint density at radius 2 is 1.11 bits per heavy atom. The number of ketones is 1. The van der Waals surface area contributed by atoms with Gasteiger partial charge in [0.05, 0.1) is 11.4 Å². The largest absolute Gasteiger partial charge is 0.871 e. The molecule has 5 aromatic rings. The van der Waals surface area contributed by atoms with E-state index in [2.05, 4.69) is 34.0 Å². The lowest BCUT2D eigenvalue weighted by Crippen LogP contribution is -2.36. The molecule has 8 nitrogen and oxygen atoms in total. The molecule has 0 fully saturated rings. The van der Waals surface area contributed by atoms with Crippen LogP contribution in [0.1, 0.15) is 84.6 Å². The molecule has 0 aromatic heterocycles. The fourth-order valence-corrected chi connectivity index (χ4v) is 8.48. The third kappa shape index (κ3) is 9.92. The van der Waals surface area contributed by atoms with E-state index in [0.717, 1.165) is 72.7 Å². The second-order valence-electron chi connectivity index (χ2n) is 16.4. The number of nitrogens with zero attached hydrogens (tertiary/aromatic N) is 2. The highest BCUT2D eigenvalue weighted by Gasteiger charge is 2.36. The molecule has 5 aromatic carbocycles. The summed E-state index contributed by atoms with van der Waals surface area (Å²) in [6.45, 7) is 8.22. The molecule has 7 rings (SSSR count). The van der Waals surface area contributed by atoms with Gasteiger partial charge >= 0.3 is 0 Å². The predicted octanol–water partition coefficient (Wildman–Crippen LogP) is 12.0. The van der Waals surface area contributed by atoms with E-state index in [-0.39, 0.29) is 34.8 Å². The molecule has 8 heteroatoms. The maximum atomic E-state index is 14.7. The summed E-state index contributed by atoms with van der Waals surface area (Å²) in [5, 5.41) is 21.0. The molecule has 0 bridgehead atoms. The summed E-state index contributed by atoms with van der Waals surface area (Å²) in [4.78, 5) is 44.8. The molecule has 2 amide bonds. The lowest BCUT2D eigenvalue weighted by atomic mass is 9.78. The number of nitrogens with one attached hydrogen (secondary N) is 2. The first kappa shape index (κ1) is 45.0. The minimum absolute atomic E-state index is 0.00430. The second kappa shape index (κ2) is 21.3. The molecule has 2 aliphatic rings. The number of para-hydroxylation sites is 4. The number of anilines is 4. The Morgan fingerprint density at radius 1 is 0.609 bits per heavy atom. The first-order chi connectivity index (χ1) is 31.3. The summed E-state index contributed by atoms with van der Waals surface area (Å²) in [5.41, 5.74) is 6.59. The summed E-state index contributed by atoms with van der Waals surface area (Å²) in [7, 11) is 0. The lowest BCUT2D eigenvalue weighted by molar-refractivity contribution is -0.297. The van der Waals surface area contributed by atoms with Crippen molar-refractivity contribution in [3.8, 4) is 0 Å². The Hall–Kier alpha value is -7.06. The Kier molecular flexibility index (Phi) is 15.0. The highest BCUT2D eigenvalue weighted by Crippen LogP contribution is 2.44. The second-order valence-corrected chi connectivity index (χ2v) is 16.4. The highest BCUT2D eigenvalue weighted by atomic mass is 16.3. The number of Topliss-reactive ketones (excluding diaryl/α,β-unsaturated/α-hetero) is 1. The van der Waals surface area contributed by atoms with Crippen LogP contribution in [-0.4, -0.2) is 23.3 Å². The van der Waals surface area contributed by atoms with Crippen molar-refractivity contribution in [2.75, 3.05) is 10.2 Å². The number of hydrogen-bond donors (Lipinski definition) is 2. The number of rotatable bonds is 18. The van der Waals surface area contributed by atoms with Crippen molar-refractivity contribution in [3.63, 3.8) is 0 Å². The van der Waals surface area contributed by atoms with E-state index in [4.69, 9.17) is 0 Å². The van der Waals surface area contributed by atoms with Gasteiger partial charge in [-0.25, -0.2) is 0 Å². The SMILES string of the molecule is CCCCC(CC)C(=O)NC1=CC(=[N+](c2ccccc2)c2ccccc2)C=CC1=C1C(=O)C(c2ccc(N(c3ccccc3)c3ccccc3)cc2NC(=O)C(CC)CCCC)=C1[O-]. The van der Waals surface area contributed by atoms with Gasteiger partial charge < -0.3 is 20.6 Å². The number of benzene rings is 5. The zero-order chi connectivity index (χ0) is 45.0. The third-order valence-electron chi connectivity index (χ3n) is 12.1. The van der Waals surface area contributed by atoms with Gasteiger partial charge in [-0.2, -0.15) is 4.58 Å². The smallest absolute Gasteiger partial charge is 0.227 e. The minimum atomic E-state index is -0.446.